The number of para-hydroxylation sites is 1. The summed E-state index contributed by atoms with van der Waals surface area (Å²) >= 11 is 0. The van der Waals surface area contributed by atoms with Crippen LogP contribution in [0, 0.1) is 5.92 Å². The van der Waals surface area contributed by atoms with E-state index in [1.807, 2.05) is 30.3 Å². The first-order valence-electron chi connectivity index (χ1n) is 6.67. The van der Waals surface area contributed by atoms with Gasteiger partial charge in [0, 0.05) is 24.4 Å². The summed E-state index contributed by atoms with van der Waals surface area (Å²) in [6.45, 7) is 0. The minimum atomic E-state index is 0.371. The zero-order chi connectivity index (χ0) is 12.4. The number of carbonyl (C=O) groups excluding carboxylic acids is 1. The van der Waals surface area contributed by atoms with Gasteiger partial charge in [-0.25, -0.2) is 0 Å². The van der Waals surface area contributed by atoms with E-state index in [1.54, 1.807) is 6.20 Å². The van der Waals surface area contributed by atoms with Crippen LogP contribution in [0.5, 0.6) is 0 Å². The standard InChI is InChI=1S/C16H17NO/c18-14(10-12-4-3-5-12)11-13-8-9-17-16-7-2-1-6-15(13)16/h1-2,6-9,12H,3-5,10-11H2. The van der Waals surface area contributed by atoms with E-state index < -0.39 is 0 Å². The molecule has 2 aromatic rings. The summed E-state index contributed by atoms with van der Waals surface area (Å²) in [5.41, 5.74) is 2.09. The van der Waals surface area contributed by atoms with Crippen molar-refractivity contribution in [2.45, 2.75) is 32.1 Å². The summed E-state index contributed by atoms with van der Waals surface area (Å²) in [5.74, 6) is 1.03. The lowest BCUT2D eigenvalue weighted by atomic mass is 9.81. The van der Waals surface area contributed by atoms with Crippen LogP contribution in [0.2, 0.25) is 0 Å². The van der Waals surface area contributed by atoms with Crippen LogP contribution in [0.1, 0.15) is 31.2 Å². The smallest absolute Gasteiger partial charge is 0.137 e. The fourth-order valence-electron chi connectivity index (χ4n) is 2.61. The number of pyridine rings is 1. The van der Waals surface area contributed by atoms with Crippen LogP contribution < -0.4 is 0 Å². The van der Waals surface area contributed by atoms with E-state index in [2.05, 4.69) is 4.98 Å². The summed E-state index contributed by atoms with van der Waals surface area (Å²) in [6, 6.07) is 10.0. The first-order valence-corrected chi connectivity index (χ1v) is 6.67. The maximum atomic E-state index is 12.0. The number of Topliss-reactive ketones (excluding diaryl/α,β-unsaturated/α-hetero) is 1. The van der Waals surface area contributed by atoms with Crippen molar-refractivity contribution in [3.05, 3.63) is 42.1 Å². The van der Waals surface area contributed by atoms with E-state index in [1.165, 1.54) is 19.3 Å². The van der Waals surface area contributed by atoms with Crippen molar-refractivity contribution in [3.63, 3.8) is 0 Å². The van der Waals surface area contributed by atoms with Crippen LogP contribution in [-0.4, -0.2) is 10.8 Å². The third-order valence-electron chi connectivity index (χ3n) is 3.87. The molecule has 0 radical (unpaired) electrons. The van der Waals surface area contributed by atoms with Crippen molar-refractivity contribution in [1.29, 1.82) is 0 Å². The number of nitrogens with zero attached hydrogens (tertiary/aromatic N) is 1. The normalized spacial score (nSPS) is 15.6. The Hall–Kier alpha value is -1.70. The monoisotopic (exact) mass is 239 g/mol. The molecule has 1 saturated carbocycles. The van der Waals surface area contributed by atoms with Crippen molar-refractivity contribution < 1.29 is 4.79 Å². The van der Waals surface area contributed by atoms with Crippen LogP contribution in [0.3, 0.4) is 0 Å². The van der Waals surface area contributed by atoms with Crippen molar-refractivity contribution >= 4 is 16.7 Å². The Labute approximate surface area is 107 Å². The Bertz CT molecular complexity index is 567. The molecule has 0 spiro atoms. The largest absolute Gasteiger partial charge is 0.299 e. The number of hydrogen-bond acceptors (Lipinski definition) is 2. The number of fused-ring (bicyclic) bond motifs is 1. The van der Waals surface area contributed by atoms with Crippen LogP contribution in [0.25, 0.3) is 10.9 Å². The SMILES string of the molecule is O=C(Cc1ccnc2ccccc12)CC1CCC1. The zero-order valence-electron chi connectivity index (χ0n) is 10.4. The molecule has 2 nitrogen and oxygen atoms in total. The molecule has 3 rings (SSSR count). The van der Waals surface area contributed by atoms with Crippen LogP contribution in [0.4, 0.5) is 0 Å². The minimum absolute atomic E-state index is 0.371. The molecule has 1 fully saturated rings. The van der Waals surface area contributed by atoms with Gasteiger partial charge in [-0.3, -0.25) is 9.78 Å². The average Bonchev–Trinajstić information content (AvgIpc) is 2.34. The highest BCUT2D eigenvalue weighted by atomic mass is 16.1. The number of carbonyl (C=O) groups is 1. The number of aromatic nitrogens is 1. The Morgan fingerprint density at radius 1 is 1.22 bits per heavy atom. The first-order chi connectivity index (χ1) is 8.83. The number of hydrogen-bond donors (Lipinski definition) is 0. The molecular formula is C16H17NO. The molecular weight excluding hydrogens is 222 g/mol. The maximum Gasteiger partial charge on any atom is 0.137 e. The summed E-state index contributed by atoms with van der Waals surface area (Å²) in [6.07, 6.45) is 6.90. The molecule has 0 unspecified atom stereocenters. The van der Waals surface area contributed by atoms with Gasteiger partial charge in [-0.05, 0) is 23.6 Å². The Morgan fingerprint density at radius 3 is 2.83 bits per heavy atom. The van der Waals surface area contributed by atoms with Crippen molar-refractivity contribution in [2.24, 2.45) is 5.92 Å². The fraction of sp³-hybridized carbons (Fsp3) is 0.375. The highest BCUT2D eigenvalue weighted by Gasteiger charge is 2.20. The van der Waals surface area contributed by atoms with Crippen LogP contribution >= 0.6 is 0 Å². The Morgan fingerprint density at radius 2 is 2.06 bits per heavy atom. The van der Waals surface area contributed by atoms with Crippen molar-refractivity contribution in [2.75, 3.05) is 0 Å². The predicted molar refractivity (Wildman–Crippen MR) is 72.4 cm³/mol. The molecule has 1 aliphatic rings. The van der Waals surface area contributed by atoms with Crippen LogP contribution in [0.15, 0.2) is 36.5 Å². The van der Waals surface area contributed by atoms with E-state index in [0.717, 1.165) is 22.9 Å². The molecule has 1 aromatic heterocycles. The molecule has 92 valence electrons. The van der Waals surface area contributed by atoms with E-state index >= 15 is 0 Å². The van der Waals surface area contributed by atoms with Gasteiger partial charge < -0.3 is 0 Å². The van der Waals surface area contributed by atoms with Crippen molar-refractivity contribution in [3.8, 4) is 0 Å². The molecule has 0 aliphatic heterocycles. The first kappa shape index (κ1) is 11.4. The summed E-state index contributed by atoms with van der Waals surface area (Å²) in [5, 5.41) is 1.11. The Balaban J connectivity index is 1.79. The molecule has 0 amide bonds. The average molecular weight is 239 g/mol. The minimum Gasteiger partial charge on any atom is -0.299 e. The van der Waals surface area contributed by atoms with E-state index in [9.17, 15) is 4.79 Å². The van der Waals surface area contributed by atoms with Gasteiger partial charge in [-0.15, -0.1) is 0 Å². The lowest BCUT2D eigenvalue weighted by Gasteiger charge is -2.24. The van der Waals surface area contributed by atoms with E-state index in [0.29, 0.717) is 18.1 Å². The van der Waals surface area contributed by atoms with Gasteiger partial charge in [0.05, 0.1) is 5.52 Å². The quantitative estimate of drug-likeness (QED) is 0.816. The molecule has 0 N–H and O–H groups in total. The number of benzene rings is 1. The van der Waals surface area contributed by atoms with Gasteiger partial charge in [-0.2, -0.15) is 0 Å². The summed E-state index contributed by atoms with van der Waals surface area (Å²) in [4.78, 5) is 16.4. The van der Waals surface area contributed by atoms with Gasteiger partial charge in [0.25, 0.3) is 0 Å². The molecule has 2 heteroatoms. The highest BCUT2D eigenvalue weighted by Crippen LogP contribution is 2.30. The van der Waals surface area contributed by atoms with Gasteiger partial charge >= 0.3 is 0 Å². The third-order valence-corrected chi connectivity index (χ3v) is 3.87. The fourth-order valence-corrected chi connectivity index (χ4v) is 2.61. The molecule has 0 saturated heterocycles. The van der Waals surface area contributed by atoms with E-state index in [4.69, 9.17) is 0 Å². The lowest BCUT2D eigenvalue weighted by molar-refractivity contribution is -0.119. The van der Waals surface area contributed by atoms with E-state index in [-0.39, 0.29) is 0 Å². The van der Waals surface area contributed by atoms with Gasteiger partial charge in [-0.1, -0.05) is 37.5 Å². The molecule has 1 aromatic carbocycles. The second kappa shape index (κ2) is 4.89. The molecule has 0 bridgehead atoms. The third kappa shape index (κ3) is 2.28. The summed E-state index contributed by atoms with van der Waals surface area (Å²) in [7, 11) is 0. The highest BCUT2D eigenvalue weighted by molar-refractivity contribution is 5.88. The molecule has 0 atom stereocenters. The predicted octanol–water partition coefficient (Wildman–Crippen LogP) is 3.54. The van der Waals surface area contributed by atoms with Gasteiger partial charge in [0.2, 0.25) is 0 Å². The molecule has 1 aliphatic carbocycles. The zero-order valence-corrected chi connectivity index (χ0v) is 10.4. The molecule has 18 heavy (non-hydrogen) atoms. The number of ketones is 1. The maximum absolute atomic E-state index is 12.0. The molecule has 1 heterocycles. The lowest BCUT2D eigenvalue weighted by Crippen LogP contribution is -2.17. The van der Waals surface area contributed by atoms with Gasteiger partial charge in [0.15, 0.2) is 0 Å². The summed E-state index contributed by atoms with van der Waals surface area (Å²) < 4.78 is 0. The second-order valence-corrected chi connectivity index (χ2v) is 5.20. The van der Waals surface area contributed by atoms with Crippen molar-refractivity contribution in [1.82, 2.24) is 4.98 Å². The number of rotatable bonds is 4. The second-order valence-electron chi connectivity index (χ2n) is 5.20. The van der Waals surface area contributed by atoms with Crippen LogP contribution in [-0.2, 0) is 11.2 Å². The Kier molecular flexibility index (Phi) is 3.09. The topological polar surface area (TPSA) is 30.0 Å². The van der Waals surface area contributed by atoms with Gasteiger partial charge in [0.1, 0.15) is 5.78 Å².